The Morgan fingerprint density at radius 3 is 2.62 bits per heavy atom. The number of benzene rings is 1. The molecule has 3 rings (SSSR count). The molecule has 132 valence electrons. The predicted octanol–water partition coefficient (Wildman–Crippen LogP) is 1.76. The fourth-order valence-corrected chi connectivity index (χ4v) is 2.55. The van der Waals surface area contributed by atoms with Crippen molar-refractivity contribution in [1.29, 1.82) is 0 Å². The summed E-state index contributed by atoms with van der Waals surface area (Å²) in [5.41, 5.74) is 0.964. The van der Waals surface area contributed by atoms with E-state index in [-0.39, 0.29) is 21.8 Å². The number of nitrogens with one attached hydrogen (secondary N) is 1. The number of halogens is 1. The number of nitrogens with zero attached hydrogens (tertiary/aromatic N) is 2. The maximum absolute atomic E-state index is 12.0. The summed E-state index contributed by atoms with van der Waals surface area (Å²) in [6, 6.07) is 7.08. The van der Waals surface area contributed by atoms with Gasteiger partial charge in [-0.25, -0.2) is 9.78 Å². The van der Waals surface area contributed by atoms with Crippen molar-refractivity contribution in [3.05, 3.63) is 58.4 Å². The van der Waals surface area contributed by atoms with Crippen LogP contribution in [0.5, 0.6) is 0 Å². The maximum atomic E-state index is 12.0. The first-order valence-electron chi connectivity index (χ1n) is 7.42. The summed E-state index contributed by atoms with van der Waals surface area (Å²) in [7, 11) is 1.38. The van der Waals surface area contributed by atoms with Crippen LogP contribution >= 0.6 is 11.6 Å². The normalized spacial score (nSPS) is 12.8. The first-order chi connectivity index (χ1) is 12.4. The van der Waals surface area contributed by atoms with E-state index in [1.807, 2.05) is 0 Å². The molecular formula is C17H12ClN3O5. The average Bonchev–Trinajstić information content (AvgIpc) is 2.84. The van der Waals surface area contributed by atoms with Gasteiger partial charge in [-0.05, 0) is 30.3 Å². The standard InChI is InChI=1S/C17H12ClN3O5/c1-21-15(23)11-3-2-10(7-12(11)16(21)24)20-14(22)8-26-17(25)9-4-5-19-13(18)6-9/h2-7H,8H2,1H3,(H,20,22). The molecule has 1 aliphatic rings. The summed E-state index contributed by atoms with van der Waals surface area (Å²) in [5, 5.41) is 2.63. The molecule has 0 aliphatic carbocycles. The lowest BCUT2D eigenvalue weighted by molar-refractivity contribution is -0.119. The van der Waals surface area contributed by atoms with Crippen LogP contribution in [0.2, 0.25) is 5.15 Å². The average molecular weight is 374 g/mol. The van der Waals surface area contributed by atoms with E-state index in [0.717, 1.165) is 4.90 Å². The van der Waals surface area contributed by atoms with Crippen LogP contribution in [0.25, 0.3) is 0 Å². The summed E-state index contributed by atoms with van der Waals surface area (Å²) in [4.78, 5) is 52.3. The van der Waals surface area contributed by atoms with Crippen LogP contribution < -0.4 is 5.32 Å². The van der Waals surface area contributed by atoms with Crippen molar-refractivity contribution in [2.24, 2.45) is 0 Å². The molecule has 0 saturated carbocycles. The molecule has 0 bridgehead atoms. The predicted molar refractivity (Wildman–Crippen MR) is 91.0 cm³/mol. The molecule has 3 amide bonds. The van der Waals surface area contributed by atoms with Crippen molar-refractivity contribution in [2.75, 3.05) is 19.0 Å². The first kappa shape index (κ1) is 17.6. The van der Waals surface area contributed by atoms with Gasteiger partial charge in [0.25, 0.3) is 17.7 Å². The Kier molecular flexibility index (Phi) is 4.68. The number of amides is 3. The minimum atomic E-state index is -0.721. The van der Waals surface area contributed by atoms with Gasteiger partial charge in [0.15, 0.2) is 6.61 Å². The minimum absolute atomic E-state index is 0.131. The van der Waals surface area contributed by atoms with E-state index >= 15 is 0 Å². The molecule has 0 fully saturated rings. The highest BCUT2D eigenvalue weighted by atomic mass is 35.5. The number of pyridine rings is 1. The van der Waals surface area contributed by atoms with E-state index < -0.39 is 30.3 Å². The van der Waals surface area contributed by atoms with Crippen LogP contribution in [-0.2, 0) is 9.53 Å². The fraction of sp³-hybridized carbons (Fsp3) is 0.118. The fourth-order valence-electron chi connectivity index (χ4n) is 2.38. The van der Waals surface area contributed by atoms with E-state index in [9.17, 15) is 19.2 Å². The van der Waals surface area contributed by atoms with Gasteiger partial charge in [0.1, 0.15) is 5.15 Å². The molecule has 0 spiro atoms. The second-order valence-corrected chi connectivity index (χ2v) is 5.81. The summed E-state index contributed by atoms with van der Waals surface area (Å²) in [6.45, 7) is -0.525. The lowest BCUT2D eigenvalue weighted by Crippen LogP contribution is -2.24. The third kappa shape index (κ3) is 3.40. The smallest absolute Gasteiger partial charge is 0.338 e. The van der Waals surface area contributed by atoms with Crippen LogP contribution in [0.15, 0.2) is 36.5 Å². The van der Waals surface area contributed by atoms with Gasteiger partial charge in [-0.2, -0.15) is 0 Å². The number of rotatable bonds is 4. The van der Waals surface area contributed by atoms with Gasteiger partial charge in [-0.1, -0.05) is 11.6 Å². The summed E-state index contributed by atoms with van der Waals surface area (Å²) in [5.74, 6) is -2.15. The SMILES string of the molecule is CN1C(=O)c2ccc(NC(=O)COC(=O)c3ccnc(Cl)c3)cc2C1=O. The number of fused-ring (bicyclic) bond motifs is 1. The number of anilines is 1. The second kappa shape index (κ2) is 6.93. The van der Waals surface area contributed by atoms with Gasteiger partial charge in [-0.15, -0.1) is 0 Å². The van der Waals surface area contributed by atoms with Gasteiger partial charge in [0.05, 0.1) is 16.7 Å². The van der Waals surface area contributed by atoms with Crippen molar-refractivity contribution >= 4 is 41.0 Å². The van der Waals surface area contributed by atoms with E-state index in [0.29, 0.717) is 5.69 Å². The number of carbonyl (C=O) groups is 4. The van der Waals surface area contributed by atoms with Gasteiger partial charge in [0, 0.05) is 18.9 Å². The zero-order valence-electron chi connectivity index (χ0n) is 13.5. The number of aromatic nitrogens is 1. The first-order valence-corrected chi connectivity index (χ1v) is 7.79. The lowest BCUT2D eigenvalue weighted by atomic mass is 10.1. The molecular weight excluding hydrogens is 362 g/mol. The van der Waals surface area contributed by atoms with Crippen molar-refractivity contribution in [3.8, 4) is 0 Å². The molecule has 8 nitrogen and oxygen atoms in total. The van der Waals surface area contributed by atoms with Crippen LogP contribution in [0.3, 0.4) is 0 Å². The quantitative estimate of drug-likeness (QED) is 0.497. The third-order valence-corrected chi connectivity index (χ3v) is 3.88. The Labute approximate surface area is 152 Å². The van der Waals surface area contributed by atoms with E-state index in [2.05, 4.69) is 10.3 Å². The van der Waals surface area contributed by atoms with E-state index in [1.54, 1.807) is 0 Å². The largest absolute Gasteiger partial charge is 0.452 e. The Balaban J connectivity index is 1.62. The number of hydrogen-bond donors (Lipinski definition) is 1. The Morgan fingerprint density at radius 2 is 1.88 bits per heavy atom. The van der Waals surface area contributed by atoms with Crippen molar-refractivity contribution in [2.45, 2.75) is 0 Å². The number of imide groups is 1. The highest BCUT2D eigenvalue weighted by Gasteiger charge is 2.32. The van der Waals surface area contributed by atoms with Crippen molar-refractivity contribution in [1.82, 2.24) is 9.88 Å². The molecule has 26 heavy (non-hydrogen) atoms. The van der Waals surface area contributed by atoms with Crippen LogP contribution in [0, 0.1) is 0 Å². The van der Waals surface area contributed by atoms with Crippen molar-refractivity contribution in [3.63, 3.8) is 0 Å². The number of hydrogen-bond acceptors (Lipinski definition) is 6. The van der Waals surface area contributed by atoms with Crippen LogP contribution in [0.1, 0.15) is 31.1 Å². The number of esters is 1. The lowest BCUT2D eigenvalue weighted by Gasteiger charge is -2.07. The summed E-state index contributed by atoms with van der Waals surface area (Å²) < 4.78 is 4.90. The van der Waals surface area contributed by atoms with Gasteiger partial charge in [0.2, 0.25) is 0 Å². The van der Waals surface area contributed by atoms with Crippen molar-refractivity contribution < 1.29 is 23.9 Å². The summed E-state index contributed by atoms with van der Waals surface area (Å²) in [6.07, 6.45) is 1.35. The number of ether oxygens (including phenoxy) is 1. The molecule has 1 N–H and O–H groups in total. The monoisotopic (exact) mass is 373 g/mol. The molecule has 2 heterocycles. The van der Waals surface area contributed by atoms with Gasteiger partial charge < -0.3 is 10.1 Å². The van der Waals surface area contributed by atoms with Gasteiger partial charge >= 0.3 is 5.97 Å². The Morgan fingerprint density at radius 1 is 1.15 bits per heavy atom. The summed E-state index contributed by atoms with van der Waals surface area (Å²) >= 11 is 5.68. The minimum Gasteiger partial charge on any atom is -0.452 e. The maximum Gasteiger partial charge on any atom is 0.338 e. The second-order valence-electron chi connectivity index (χ2n) is 5.42. The Hall–Kier alpha value is -3.26. The molecule has 1 aliphatic heterocycles. The molecule has 1 aromatic heterocycles. The number of carbonyl (C=O) groups excluding carboxylic acids is 4. The van der Waals surface area contributed by atoms with Crippen LogP contribution in [-0.4, -0.2) is 47.2 Å². The topological polar surface area (TPSA) is 106 Å². The molecule has 0 unspecified atom stereocenters. The Bertz CT molecular complexity index is 944. The molecule has 0 atom stereocenters. The molecule has 0 radical (unpaired) electrons. The molecule has 9 heteroatoms. The van der Waals surface area contributed by atoms with E-state index in [4.69, 9.17) is 16.3 Å². The highest BCUT2D eigenvalue weighted by Crippen LogP contribution is 2.24. The van der Waals surface area contributed by atoms with Gasteiger partial charge in [-0.3, -0.25) is 19.3 Å². The zero-order chi connectivity index (χ0) is 18.8. The van der Waals surface area contributed by atoms with E-state index in [1.165, 1.54) is 43.6 Å². The highest BCUT2D eigenvalue weighted by molar-refractivity contribution is 6.29. The zero-order valence-corrected chi connectivity index (χ0v) is 14.2. The molecule has 2 aromatic rings. The third-order valence-electron chi connectivity index (χ3n) is 3.67. The molecule has 1 aromatic carbocycles. The van der Waals surface area contributed by atoms with Crippen LogP contribution in [0.4, 0.5) is 5.69 Å². The molecule has 0 saturated heterocycles.